The molecule has 5 heteroatoms. The third-order valence-electron chi connectivity index (χ3n) is 3.20. The Balaban J connectivity index is 2.52. The number of nitrogens with zero attached hydrogens (tertiary/aromatic N) is 2. The monoisotopic (exact) mass is 241 g/mol. The number of nitrogens with two attached hydrogens (primary N) is 1. The van der Waals surface area contributed by atoms with Gasteiger partial charge >= 0.3 is 0 Å². The van der Waals surface area contributed by atoms with Gasteiger partial charge in [0.2, 0.25) is 11.8 Å². The van der Waals surface area contributed by atoms with E-state index in [0.717, 1.165) is 0 Å². The van der Waals surface area contributed by atoms with Gasteiger partial charge in [0.1, 0.15) is 0 Å². The molecule has 1 fully saturated rings. The zero-order valence-corrected chi connectivity index (χ0v) is 11.2. The summed E-state index contributed by atoms with van der Waals surface area (Å²) in [7, 11) is 0. The van der Waals surface area contributed by atoms with E-state index in [1.807, 2.05) is 37.5 Å². The van der Waals surface area contributed by atoms with Gasteiger partial charge in [-0.15, -0.1) is 0 Å². The number of rotatable bonds is 2. The SMILES string of the molecule is CC(C(N)=O)N1CCN(C(=O)C(C)(C)C)CC1. The van der Waals surface area contributed by atoms with Gasteiger partial charge in [0, 0.05) is 31.6 Å². The molecule has 0 saturated carbocycles. The van der Waals surface area contributed by atoms with Crippen molar-refractivity contribution in [2.24, 2.45) is 11.1 Å². The molecule has 1 atom stereocenters. The lowest BCUT2D eigenvalue weighted by molar-refractivity contribution is -0.141. The van der Waals surface area contributed by atoms with Gasteiger partial charge in [0.15, 0.2) is 0 Å². The van der Waals surface area contributed by atoms with Crippen LogP contribution < -0.4 is 5.73 Å². The molecule has 0 radical (unpaired) electrons. The lowest BCUT2D eigenvalue weighted by atomic mass is 9.94. The van der Waals surface area contributed by atoms with E-state index in [9.17, 15) is 9.59 Å². The van der Waals surface area contributed by atoms with Crippen LogP contribution in [-0.2, 0) is 9.59 Å². The van der Waals surface area contributed by atoms with Crippen LogP contribution >= 0.6 is 0 Å². The quantitative estimate of drug-likeness (QED) is 0.743. The number of carbonyl (C=O) groups excluding carboxylic acids is 2. The van der Waals surface area contributed by atoms with Crippen LogP contribution in [0.2, 0.25) is 0 Å². The van der Waals surface area contributed by atoms with E-state index in [-0.39, 0.29) is 23.3 Å². The fourth-order valence-corrected chi connectivity index (χ4v) is 1.97. The second kappa shape index (κ2) is 5.04. The Morgan fingerprint density at radius 1 is 1.12 bits per heavy atom. The molecule has 17 heavy (non-hydrogen) atoms. The van der Waals surface area contributed by atoms with Crippen molar-refractivity contribution in [3.8, 4) is 0 Å². The van der Waals surface area contributed by atoms with Crippen LogP contribution in [0.5, 0.6) is 0 Å². The van der Waals surface area contributed by atoms with E-state index >= 15 is 0 Å². The number of hydrogen-bond acceptors (Lipinski definition) is 3. The van der Waals surface area contributed by atoms with Crippen molar-refractivity contribution in [1.29, 1.82) is 0 Å². The molecule has 0 bridgehead atoms. The molecule has 1 unspecified atom stereocenters. The first-order valence-electron chi connectivity index (χ1n) is 6.06. The summed E-state index contributed by atoms with van der Waals surface area (Å²) in [5.74, 6) is -0.135. The molecule has 98 valence electrons. The zero-order chi connectivity index (χ0) is 13.2. The van der Waals surface area contributed by atoms with Gasteiger partial charge in [-0.3, -0.25) is 14.5 Å². The van der Waals surface area contributed by atoms with Gasteiger partial charge in [0.25, 0.3) is 0 Å². The minimum atomic E-state index is -0.336. The number of hydrogen-bond donors (Lipinski definition) is 1. The summed E-state index contributed by atoms with van der Waals surface area (Å²) in [6, 6.07) is -0.248. The van der Waals surface area contributed by atoms with Gasteiger partial charge in [-0.25, -0.2) is 0 Å². The van der Waals surface area contributed by atoms with Crippen LogP contribution in [0.3, 0.4) is 0 Å². The van der Waals surface area contributed by atoms with Crippen LogP contribution in [0.1, 0.15) is 27.7 Å². The first-order valence-corrected chi connectivity index (χ1v) is 6.06. The van der Waals surface area contributed by atoms with E-state index in [2.05, 4.69) is 0 Å². The fourth-order valence-electron chi connectivity index (χ4n) is 1.97. The normalized spacial score (nSPS) is 20.1. The summed E-state index contributed by atoms with van der Waals surface area (Å²) >= 11 is 0. The maximum Gasteiger partial charge on any atom is 0.234 e. The predicted molar refractivity (Wildman–Crippen MR) is 66.3 cm³/mol. The van der Waals surface area contributed by atoms with Crippen molar-refractivity contribution >= 4 is 11.8 Å². The van der Waals surface area contributed by atoms with Gasteiger partial charge in [0.05, 0.1) is 6.04 Å². The summed E-state index contributed by atoms with van der Waals surface area (Å²) in [5, 5.41) is 0. The number of piperazine rings is 1. The standard InChI is InChI=1S/C12H23N3O2/c1-9(10(13)16)14-5-7-15(8-6-14)11(17)12(2,3)4/h9H,5-8H2,1-4H3,(H2,13,16). The Morgan fingerprint density at radius 3 is 1.94 bits per heavy atom. The van der Waals surface area contributed by atoms with E-state index < -0.39 is 0 Å². The molecule has 2 N–H and O–H groups in total. The second-order valence-electron chi connectivity index (χ2n) is 5.66. The molecule has 0 spiro atoms. The van der Waals surface area contributed by atoms with Crippen molar-refractivity contribution < 1.29 is 9.59 Å². The van der Waals surface area contributed by atoms with Gasteiger partial charge in [-0.05, 0) is 6.92 Å². The average Bonchev–Trinajstić information content (AvgIpc) is 2.26. The molecular weight excluding hydrogens is 218 g/mol. The maximum atomic E-state index is 12.0. The molecule has 5 nitrogen and oxygen atoms in total. The predicted octanol–water partition coefficient (Wildman–Crippen LogP) is 0.0505. The first-order chi connectivity index (χ1) is 7.73. The van der Waals surface area contributed by atoms with E-state index in [1.54, 1.807) is 0 Å². The van der Waals surface area contributed by atoms with Crippen LogP contribution in [0, 0.1) is 5.41 Å². The highest BCUT2D eigenvalue weighted by Gasteiger charge is 2.31. The molecule has 2 amide bonds. The molecular formula is C12H23N3O2. The molecule has 0 aromatic rings. The molecule has 1 saturated heterocycles. The average molecular weight is 241 g/mol. The summed E-state index contributed by atoms with van der Waals surface area (Å²) < 4.78 is 0. The van der Waals surface area contributed by atoms with E-state index in [1.165, 1.54) is 0 Å². The zero-order valence-electron chi connectivity index (χ0n) is 11.2. The molecule has 1 aliphatic rings. The number of carbonyl (C=O) groups is 2. The lowest BCUT2D eigenvalue weighted by Crippen LogP contribution is -2.55. The molecule has 0 aliphatic carbocycles. The Bertz CT molecular complexity index is 301. The van der Waals surface area contributed by atoms with Crippen molar-refractivity contribution in [2.75, 3.05) is 26.2 Å². The van der Waals surface area contributed by atoms with E-state index in [4.69, 9.17) is 5.73 Å². The van der Waals surface area contributed by atoms with Crippen molar-refractivity contribution in [2.45, 2.75) is 33.7 Å². The van der Waals surface area contributed by atoms with Crippen molar-refractivity contribution in [3.05, 3.63) is 0 Å². The molecule has 1 rings (SSSR count). The van der Waals surface area contributed by atoms with Crippen LogP contribution in [0.4, 0.5) is 0 Å². The Hall–Kier alpha value is -1.10. The van der Waals surface area contributed by atoms with Crippen molar-refractivity contribution in [1.82, 2.24) is 9.80 Å². The summed E-state index contributed by atoms with van der Waals surface area (Å²) in [5.41, 5.74) is 4.93. The molecule has 0 aromatic heterocycles. The Labute approximate surface area is 103 Å². The van der Waals surface area contributed by atoms with Crippen LogP contribution in [-0.4, -0.2) is 53.8 Å². The summed E-state index contributed by atoms with van der Waals surface area (Å²) in [6.45, 7) is 10.4. The molecule has 1 heterocycles. The van der Waals surface area contributed by atoms with Gasteiger partial charge in [-0.2, -0.15) is 0 Å². The minimum absolute atomic E-state index is 0.170. The third-order valence-corrected chi connectivity index (χ3v) is 3.20. The van der Waals surface area contributed by atoms with E-state index in [0.29, 0.717) is 26.2 Å². The number of primary amides is 1. The highest BCUT2D eigenvalue weighted by atomic mass is 16.2. The largest absolute Gasteiger partial charge is 0.368 e. The second-order valence-corrected chi connectivity index (χ2v) is 5.66. The van der Waals surface area contributed by atoms with Crippen LogP contribution in [0.15, 0.2) is 0 Å². The van der Waals surface area contributed by atoms with Gasteiger partial charge in [-0.1, -0.05) is 20.8 Å². The highest BCUT2D eigenvalue weighted by molar-refractivity contribution is 5.82. The topological polar surface area (TPSA) is 66.6 Å². The minimum Gasteiger partial charge on any atom is -0.368 e. The van der Waals surface area contributed by atoms with Crippen molar-refractivity contribution in [3.63, 3.8) is 0 Å². The molecule has 0 aromatic carbocycles. The first kappa shape index (κ1) is 14.0. The maximum absolute atomic E-state index is 12.0. The third kappa shape index (κ3) is 3.43. The smallest absolute Gasteiger partial charge is 0.234 e. The lowest BCUT2D eigenvalue weighted by Gasteiger charge is -2.39. The fraction of sp³-hybridized carbons (Fsp3) is 0.833. The summed E-state index contributed by atoms with van der Waals surface area (Å²) in [6.07, 6.45) is 0. The Morgan fingerprint density at radius 2 is 1.59 bits per heavy atom. The van der Waals surface area contributed by atoms with Gasteiger partial charge < -0.3 is 10.6 Å². The highest BCUT2D eigenvalue weighted by Crippen LogP contribution is 2.19. The Kier molecular flexibility index (Phi) is 4.14. The van der Waals surface area contributed by atoms with Crippen LogP contribution in [0.25, 0.3) is 0 Å². The summed E-state index contributed by atoms with van der Waals surface area (Å²) in [4.78, 5) is 27.0. The molecule has 1 aliphatic heterocycles. The number of amides is 2.